The van der Waals surface area contributed by atoms with Crippen LogP contribution in [0.5, 0.6) is 5.75 Å². The number of aryl methyl sites for hydroxylation is 1. The van der Waals surface area contributed by atoms with E-state index in [9.17, 15) is 8.78 Å². The Labute approximate surface area is 162 Å². The van der Waals surface area contributed by atoms with Gasteiger partial charge in [-0.25, -0.2) is 8.78 Å². The molecule has 0 saturated carbocycles. The summed E-state index contributed by atoms with van der Waals surface area (Å²) in [6.07, 6.45) is 0. The zero-order valence-corrected chi connectivity index (χ0v) is 16.1. The molecule has 0 N–H and O–H groups in total. The highest BCUT2D eigenvalue weighted by molar-refractivity contribution is 5.57. The lowest BCUT2D eigenvalue weighted by molar-refractivity contribution is 0.0827. The molecule has 3 rings (SSSR count). The van der Waals surface area contributed by atoms with Crippen molar-refractivity contribution in [1.29, 1.82) is 5.26 Å². The van der Waals surface area contributed by atoms with E-state index < -0.39 is 23.0 Å². The zero-order chi connectivity index (χ0) is 20.5. The first-order valence-electron chi connectivity index (χ1n) is 8.85. The molecule has 1 aromatic heterocycles. The molecule has 5 nitrogen and oxygen atoms in total. The molecular weight excluding hydrogens is 362 g/mol. The highest BCUT2D eigenvalue weighted by atomic mass is 19.1. The Morgan fingerprint density at radius 2 is 1.71 bits per heavy atom. The third-order valence-electron chi connectivity index (χ3n) is 4.38. The van der Waals surface area contributed by atoms with Gasteiger partial charge in [-0.3, -0.25) is 0 Å². The summed E-state index contributed by atoms with van der Waals surface area (Å²) in [5.41, 5.74) is 0.661. The van der Waals surface area contributed by atoms with Gasteiger partial charge in [0, 0.05) is 12.1 Å². The lowest BCUT2D eigenvalue weighted by Gasteiger charge is -2.26. The van der Waals surface area contributed by atoms with Gasteiger partial charge in [0.05, 0.1) is 11.6 Å². The zero-order valence-electron chi connectivity index (χ0n) is 16.1. The van der Waals surface area contributed by atoms with Crippen molar-refractivity contribution in [2.75, 3.05) is 0 Å². The van der Waals surface area contributed by atoms with Crippen LogP contribution in [0.1, 0.15) is 37.7 Å². The third kappa shape index (κ3) is 3.58. The normalized spacial score (nSPS) is 11.3. The van der Waals surface area contributed by atoms with Crippen molar-refractivity contribution in [3.05, 3.63) is 65.0 Å². The van der Waals surface area contributed by atoms with Crippen molar-refractivity contribution in [1.82, 2.24) is 14.8 Å². The van der Waals surface area contributed by atoms with Gasteiger partial charge in [-0.1, -0.05) is 0 Å². The Kier molecular flexibility index (Phi) is 5.14. The van der Waals surface area contributed by atoms with Gasteiger partial charge in [0.2, 0.25) is 0 Å². The molecule has 0 saturated heterocycles. The summed E-state index contributed by atoms with van der Waals surface area (Å²) in [7, 11) is 0. The molecular formula is C21H20F2N4O. The molecule has 144 valence electrons. The molecule has 0 atom stereocenters. The molecule has 0 radical (unpaired) electrons. The molecule has 0 aliphatic rings. The van der Waals surface area contributed by atoms with Crippen molar-refractivity contribution in [3.8, 4) is 23.2 Å². The van der Waals surface area contributed by atoms with Crippen molar-refractivity contribution >= 4 is 0 Å². The van der Waals surface area contributed by atoms with Crippen LogP contribution in [0, 0.1) is 29.9 Å². The Morgan fingerprint density at radius 3 is 2.25 bits per heavy atom. The lowest BCUT2D eigenvalue weighted by atomic mass is 10.1. The standard InChI is InChI=1S/C21H20F2N4O/c1-5-27-19(15-8-6-14(12-24)7-9-15)25-26-20(27)21(3,4)28-18-16(22)10-13(2)11-17(18)23/h6-11H,5H2,1-4H3. The van der Waals surface area contributed by atoms with E-state index in [4.69, 9.17) is 10.00 Å². The van der Waals surface area contributed by atoms with E-state index in [-0.39, 0.29) is 0 Å². The fourth-order valence-corrected chi connectivity index (χ4v) is 3.04. The van der Waals surface area contributed by atoms with Gasteiger partial charge in [0.1, 0.15) is 0 Å². The van der Waals surface area contributed by atoms with Crippen LogP contribution in [0.15, 0.2) is 36.4 Å². The summed E-state index contributed by atoms with van der Waals surface area (Å²) >= 11 is 0. The number of aromatic nitrogens is 3. The first-order chi connectivity index (χ1) is 13.3. The molecule has 0 amide bonds. The van der Waals surface area contributed by atoms with Gasteiger partial charge in [-0.15, -0.1) is 10.2 Å². The molecule has 7 heteroatoms. The largest absolute Gasteiger partial charge is 0.474 e. The number of hydrogen-bond donors (Lipinski definition) is 0. The molecule has 0 unspecified atom stereocenters. The van der Waals surface area contributed by atoms with Crippen LogP contribution in [0.2, 0.25) is 0 Å². The molecule has 2 aromatic carbocycles. The SMILES string of the molecule is CCn1c(-c2ccc(C#N)cc2)nnc1C(C)(C)Oc1c(F)cc(C)cc1F. The predicted octanol–water partition coefficient (Wildman–Crippen LogP) is 4.74. The Hall–Kier alpha value is -3.27. The van der Waals surface area contributed by atoms with Crippen LogP contribution in [0.4, 0.5) is 8.78 Å². The van der Waals surface area contributed by atoms with Crippen LogP contribution in [0.3, 0.4) is 0 Å². The first-order valence-corrected chi connectivity index (χ1v) is 8.85. The summed E-state index contributed by atoms with van der Waals surface area (Å²) in [6, 6.07) is 11.5. The lowest BCUT2D eigenvalue weighted by Crippen LogP contribution is -2.30. The molecule has 3 aromatic rings. The van der Waals surface area contributed by atoms with E-state index in [1.54, 1.807) is 45.0 Å². The number of benzene rings is 2. The van der Waals surface area contributed by atoms with E-state index in [2.05, 4.69) is 16.3 Å². The number of ether oxygens (including phenoxy) is 1. The van der Waals surface area contributed by atoms with Gasteiger partial charge >= 0.3 is 0 Å². The molecule has 0 aliphatic carbocycles. The summed E-state index contributed by atoms with van der Waals surface area (Å²) in [5, 5.41) is 17.4. The monoisotopic (exact) mass is 382 g/mol. The maximum absolute atomic E-state index is 14.2. The summed E-state index contributed by atoms with van der Waals surface area (Å²) in [5.74, 6) is -0.945. The maximum atomic E-state index is 14.2. The number of rotatable bonds is 5. The number of halogens is 2. The van der Waals surface area contributed by atoms with Crippen molar-refractivity contribution in [2.24, 2.45) is 0 Å². The minimum absolute atomic E-state index is 0.439. The average Bonchev–Trinajstić information content (AvgIpc) is 3.10. The smallest absolute Gasteiger partial charge is 0.192 e. The van der Waals surface area contributed by atoms with E-state index in [1.165, 1.54) is 12.1 Å². The van der Waals surface area contributed by atoms with Crippen LogP contribution < -0.4 is 4.74 Å². The minimum atomic E-state index is -1.13. The fourth-order valence-electron chi connectivity index (χ4n) is 3.04. The van der Waals surface area contributed by atoms with Crippen molar-refractivity contribution in [3.63, 3.8) is 0 Å². The van der Waals surface area contributed by atoms with E-state index in [1.807, 2.05) is 11.5 Å². The minimum Gasteiger partial charge on any atom is -0.474 e. The summed E-state index contributed by atoms with van der Waals surface area (Å²) in [6.45, 7) is 7.43. The second-order valence-electron chi connectivity index (χ2n) is 6.95. The van der Waals surface area contributed by atoms with Gasteiger partial charge in [-0.2, -0.15) is 5.26 Å². The third-order valence-corrected chi connectivity index (χ3v) is 4.38. The van der Waals surface area contributed by atoms with E-state index >= 15 is 0 Å². The van der Waals surface area contributed by atoms with Crippen molar-refractivity contribution in [2.45, 2.75) is 39.8 Å². The van der Waals surface area contributed by atoms with E-state index in [0.717, 1.165) is 5.56 Å². The second-order valence-corrected chi connectivity index (χ2v) is 6.95. The molecule has 28 heavy (non-hydrogen) atoms. The topological polar surface area (TPSA) is 63.7 Å². The van der Waals surface area contributed by atoms with Gasteiger partial charge < -0.3 is 9.30 Å². The summed E-state index contributed by atoms with van der Waals surface area (Å²) < 4.78 is 36.0. The fraction of sp³-hybridized carbons (Fsp3) is 0.286. The van der Waals surface area contributed by atoms with Gasteiger partial charge in [0.25, 0.3) is 0 Å². The number of nitrogens with zero attached hydrogens (tertiary/aromatic N) is 4. The number of hydrogen-bond acceptors (Lipinski definition) is 4. The van der Waals surface area contributed by atoms with Gasteiger partial charge in [-0.05, 0) is 69.7 Å². The van der Waals surface area contributed by atoms with Gasteiger partial charge in [0.15, 0.2) is 34.6 Å². The van der Waals surface area contributed by atoms with Crippen LogP contribution in [-0.4, -0.2) is 14.8 Å². The molecule has 0 aliphatic heterocycles. The van der Waals surface area contributed by atoms with E-state index in [0.29, 0.717) is 29.3 Å². The Bertz CT molecular complexity index is 1030. The second kappa shape index (κ2) is 7.39. The Balaban J connectivity index is 2.01. The average molecular weight is 382 g/mol. The van der Waals surface area contributed by atoms with Crippen molar-refractivity contribution < 1.29 is 13.5 Å². The molecule has 0 bridgehead atoms. The molecule has 1 heterocycles. The van der Waals surface area contributed by atoms with Crippen LogP contribution >= 0.6 is 0 Å². The predicted molar refractivity (Wildman–Crippen MR) is 101 cm³/mol. The highest BCUT2D eigenvalue weighted by Gasteiger charge is 2.32. The first kappa shape index (κ1) is 19.5. The molecule has 0 spiro atoms. The molecule has 0 fully saturated rings. The highest BCUT2D eigenvalue weighted by Crippen LogP contribution is 2.33. The van der Waals surface area contributed by atoms with Crippen LogP contribution in [0.25, 0.3) is 11.4 Å². The quantitative estimate of drug-likeness (QED) is 0.639. The Morgan fingerprint density at radius 1 is 1.11 bits per heavy atom. The van der Waals surface area contributed by atoms with Crippen LogP contribution in [-0.2, 0) is 12.1 Å². The number of nitriles is 1. The maximum Gasteiger partial charge on any atom is 0.192 e. The summed E-state index contributed by atoms with van der Waals surface area (Å²) in [4.78, 5) is 0.